The summed E-state index contributed by atoms with van der Waals surface area (Å²) >= 11 is 0. The summed E-state index contributed by atoms with van der Waals surface area (Å²) in [5, 5.41) is 7.40. The largest absolute Gasteiger partial charge is 0.340 e. The first-order chi connectivity index (χ1) is 7.79. The second-order valence-corrected chi connectivity index (χ2v) is 4.09. The average molecular weight is 222 g/mol. The zero-order chi connectivity index (χ0) is 11.4. The lowest BCUT2D eigenvalue weighted by atomic mass is 10.2. The summed E-state index contributed by atoms with van der Waals surface area (Å²) < 4.78 is 1.71. The highest BCUT2D eigenvalue weighted by Gasteiger charge is 2.22. The zero-order valence-electron chi connectivity index (χ0n) is 9.59. The summed E-state index contributed by atoms with van der Waals surface area (Å²) in [6, 6.07) is 1.64. The number of rotatable bonds is 2. The first-order valence-corrected chi connectivity index (χ1v) is 5.77. The Morgan fingerprint density at radius 2 is 2.31 bits per heavy atom. The first kappa shape index (κ1) is 11.1. The molecular formula is C11H18N4O. The van der Waals surface area contributed by atoms with Crippen LogP contribution in [0.5, 0.6) is 0 Å². The molecule has 2 rings (SSSR count). The van der Waals surface area contributed by atoms with Gasteiger partial charge in [-0.1, -0.05) is 0 Å². The smallest absolute Gasteiger partial charge is 0.247 e. The van der Waals surface area contributed by atoms with Gasteiger partial charge in [0.15, 0.2) is 0 Å². The van der Waals surface area contributed by atoms with Crippen molar-refractivity contribution in [2.75, 3.05) is 26.2 Å². The highest BCUT2D eigenvalue weighted by molar-refractivity contribution is 5.80. The molecule has 1 amide bonds. The third-order valence-electron chi connectivity index (χ3n) is 2.93. The molecule has 1 atom stereocenters. The Bertz CT molecular complexity index is 328. The summed E-state index contributed by atoms with van der Waals surface area (Å²) in [6.45, 7) is 5.42. The molecule has 1 N–H and O–H groups in total. The van der Waals surface area contributed by atoms with E-state index in [2.05, 4.69) is 10.4 Å². The number of carbonyl (C=O) groups excluding carboxylic acids is 1. The molecule has 1 saturated heterocycles. The van der Waals surface area contributed by atoms with E-state index in [-0.39, 0.29) is 11.9 Å². The lowest BCUT2D eigenvalue weighted by Gasteiger charge is -2.23. The molecule has 0 aromatic carbocycles. The molecule has 0 saturated carbocycles. The molecule has 1 aliphatic rings. The van der Waals surface area contributed by atoms with Gasteiger partial charge in [0, 0.05) is 32.0 Å². The molecule has 5 heteroatoms. The van der Waals surface area contributed by atoms with Gasteiger partial charge in [-0.25, -0.2) is 0 Å². The first-order valence-electron chi connectivity index (χ1n) is 5.77. The van der Waals surface area contributed by atoms with Crippen molar-refractivity contribution in [3.05, 3.63) is 18.5 Å². The van der Waals surface area contributed by atoms with E-state index >= 15 is 0 Å². The second kappa shape index (κ2) is 5.12. The molecule has 2 heterocycles. The minimum atomic E-state index is -0.201. The lowest BCUT2D eigenvalue weighted by molar-refractivity contribution is -0.134. The molecule has 1 aliphatic heterocycles. The predicted molar refractivity (Wildman–Crippen MR) is 61.0 cm³/mol. The van der Waals surface area contributed by atoms with E-state index < -0.39 is 0 Å². The van der Waals surface area contributed by atoms with Gasteiger partial charge in [-0.2, -0.15) is 5.10 Å². The fourth-order valence-corrected chi connectivity index (χ4v) is 1.95. The number of carbonyl (C=O) groups is 1. The number of nitrogens with one attached hydrogen (secondary N) is 1. The maximum absolute atomic E-state index is 12.2. The van der Waals surface area contributed by atoms with Crippen molar-refractivity contribution < 1.29 is 4.79 Å². The van der Waals surface area contributed by atoms with E-state index in [9.17, 15) is 4.79 Å². The maximum Gasteiger partial charge on any atom is 0.247 e. The van der Waals surface area contributed by atoms with Crippen LogP contribution in [0.1, 0.15) is 19.4 Å². The summed E-state index contributed by atoms with van der Waals surface area (Å²) in [5.41, 5.74) is 0. The SMILES string of the molecule is CC(C(=O)N1CCCNCC1)n1cccn1. The number of hydrogen-bond donors (Lipinski definition) is 1. The Hall–Kier alpha value is -1.36. The van der Waals surface area contributed by atoms with Crippen molar-refractivity contribution in [3.8, 4) is 0 Å². The van der Waals surface area contributed by atoms with Crippen LogP contribution in [0.2, 0.25) is 0 Å². The van der Waals surface area contributed by atoms with Crippen molar-refractivity contribution in [3.63, 3.8) is 0 Å². The van der Waals surface area contributed by atoms with E-state index in [0.29, 0.717) is 0 Å². The molecule has 0 radical (unpaired) electrons. The van der Waals surface area contributed by atoms with Gasteiger partial charge >= 0.3 is 0 Å². The minimum Gasteiger partial charge on any atom is -0.340 e. The van der Waals surface area contributed by atoms with Gasteiger partial charge in [-0.05, 0) is 26.0 Å². The molecule has 1 aromatic rings. The zero-order valence-corrected chi connectivity index (χ0v) is 9.59. The van der Waals surface area contributed by atoms with E-state index in [1.165, 1.54) is 0 Å². The van der Waals surface area contributed by atoms with Crippen LogP contribution in [0.3, 0.4) is 0 Å². The topological polar surface area (TPSA) is 50.2 Å². The Kier molecular flexibility index (Phi) is 3.56. The Morgan fingerprint density at radius 3 is 3.06 bits per heavy atom. The van der Waals surface area contributed by atoms with Crippen LogP contribution in [0.15, 0.2) is 18.5 Å². The molecule has 0 bridgehead atoms. The van der Waals surface area contributed by atoms with Crippen molar-refractivity contribution >= 4 is 5.91 Å². The third kappa shape index (κ3) is 2.41. The highest BCUT2D eigenvalue weighted by atomic mass is 16.2. The molecule has 16 heavy (non-hydrogen) atoms. The Morgan fingerprint density at radius 1 is 1.44 bits per heavy atom. The number of amides is 1. The molecule has 0 aliphatic carbocycles. The van der Waals surface area contributed by atoms with Gasteiger partial charge in [0.05, 0.1) is 0 Å². The minimum absolute atomic E-state index is 0.160. The van der Waals surface area contributed by atoms with Crippen LogP contribution in [0.25, 0.3) is 0 Å². The van der Waals surface area contributed by atoms with Gasteiger partial charge in [-0.3, -0.25) is 9.48 Å². The molecule has 1 unspecified atom stereocenters. The summed E-state index contributed by atoms with van der Waals surface area (Å²) in [6.07, 6.45) is 4.56. The standard InChI is InChI=1S/C11H18N4O/c1-10(15-8-3-5-13-15)11(16)14-7-2-4-12-6-9-14/h3,5,8,10,12H,2,4,6-7,9H2,1H3. The molecule has 1 aromatic heterocycles. The van der Waals surface area contributed by atoms with Crippen molar-refractivity contribution in [1.82, 2.24) is 20.0 Å². The number of nitrogens with zero attached hydrogens (tertiary/aromatic N) is 3. The number of hydrogen-bond acceptors (Lipinski definition) is 3. The van der Waals surface area contributed by atoms with Crippen molar-refractivity contribution in [1.29, 1.82) is 0 Å². The molecule has 88 valence electrons. The normalized spacial score (nSPS) is 19.2. The second-order valence-electron chi connectivity index (χ2n) is 4.09. The molecule has 5 nitrogen and oxygen atoms in total. The average Bonchev–Trinajstić information content (AvgIpc) is 2.70. The molecule has 0 spiro atoms. The van der Waals surface area contributed by atoms with Gasteiger partial charge < -0.3 is 10.2 Å². The monoisotopic (exact) mass is 222 g/mol. The quantitative estimate of drug-likeness (QED) is 0.781. The summed E-state index contributed by atoms with van der Waals surface area (Å²) in [4.78, 5) is 14.1. The number of aromatic nitrogens is 2. The van der Waals surface area contributed by atoms with Crippen LogP contribution < -0.4 is 5.32 Å². The fraction of sp³-hybridized carbons (Fsp3) is 0.636. The van der Waals surface area contributed by atoms with Crippen molar-refractivity contribution in [2.45, 2.75) is 19.4 Å². The van der Waals surface area contributed by atoms with E-state index in [4.69, 9.17) is 0 Å². The van der Waals surface area contributed by atoms with E-state index in [0.717, 1.165) is 32.6 Å². The van der Waals surface area contributed by atoms with Crippen LogP contribution in [-0.2, 0) is 4.79 Å². The summed E-state index contributed by atoms with van der Waals surface area (Å²) in [7, 11) is 0. The van der Waals surface area contributed by atoms with Crippen molar-refractivity contribution in [2.24, 2.45) is 0 Å². The van der Waals surface area contributed by atoms with Crippen LogP contribution in [0.4, 0.5) is 0 Å². The lowest BCUT2D eigenvalue weighted by Crippen LogP contribution is -2.38. The van der Waals surface area contributed by atoms with E-state index in [1.807, 2.05) is 24.1 Å². The maximum atomic E-state index is 12.2. The fourth-order valence-electron chi connectivity index (χ4n) is 1.95. The highest BCUT2D eigenvalue weighted by Crippen LogP contribution is 2.09. The third-order valence-corrected chi connectivity index (χ3v) is 2.93. The van der Waals surface area contributed by atoms with Gasteiger partial charge in [0.25, 0.3) is 0 Å². The van der Waals surface area contributed by atoms with Crippen LogP contribution >= 0.6 is 0 Å². The molecular weight excluding hydrogens is 204 g/mol. The van der Waals surface area contributed by atoms with Crippen LogP contribution in [-0.4, -0.2) is 46.8 Å². The van der Waals surface area contributed by atoms with Crippen LogP contribution in [0, 0.1) is 0 Å². The summed E-state index contributed by atoms with van der Waals surface area (Å²) in [5.74, 6) is 0.160. The van der Waals surface area contributed by atoms with Gasteiger partial charge in [0.2, 0.25) is 5.91 Å². The Labute approximate surface area is 95.4 Å². The molecule has 1 fully saturated rings. The van der Waals surface area contributed by atoms with E-state index in [1.54, 1.807) is 10.9 Å². The Balaban J connectivity index is 2.00. The predicted octanol–water partition coefficient (Wildman–Crippen LogP) is 0.266. The van der Waals surface area contributed by atoms with Gasteiger partial charge in [0.1, 0.15) is 6.04 Å². The van der Waals surface area contributed by atoms with Gasteiger partial charge in [-0.15, -0.1) is 0 Å².